The molecule has 55 heavy (non-hydrogen) atoms. The number of ketones is 1. The molecule has 14 atom stereocenters. The summed E-state index contributed by atoms with van der Waals surface area (Å²) >= 11 is 0. The molecule has 2 saturated heterocycles. The van der Waals surface area contributed by atoms with Crippen molar-refractivity contribution in [3.63, 3.8) is 0 Å². The molecule has 4 rings (SSSR count). The number of carbonyl (C=O) groups is 3. The van der Waals surface area contributed by atoms with Crippen LogP contribution >= 0.6 is 0 Å². The van der Waals surface area contributed by atoms with Gasteiger partial charge < -0.3 is 44.3 Å². The first kappa shape index (κ1) is 45.5. The Balaban J connectivity index is 1.74. The maximum atomic E-state index is 14.3. The van der Waals surface area contributed by atoms with E-state index in [1.807, 2.05) is 39.8 Å². The Labute approximate surface area is 329 Å². The SMILES string of the molecule is CCC[C@@H]1/C=C(\C)C[C@H](C)C[C@H](OC)[C@H]2O[C@@](O)(CC(=O)N3CCCCC3C(=O)O[C@H](/C(C)=C/[C@@H]3CCC(O)[C@H](O)C3)[C@H](C)[C@@H](O)CC1=O)[C@H](C)C[C@@H]2OC. The number of hydrogen-bond donors (Lipinski definition) is 4. The van der Waals surface area contributed by atoms with Crippen LogP contribution in [0.5, 0.6) is 0 Å². The van der Waals surface area contributed by atoms with Gasteiger partial charge in [-0.15, -0.1) is 0 Å². The zero-order valence-electron chi connectivity index (χ0n) is 34.7. The van der Waals surface area contributed by atoms with E-state index >= 15 is 0 Å². The normalized spacial score (nSPS) is 42.1. The fourth-order valence-corrected chi connectivity index (χ4v) is 9.45. The summed E-state index contributed by atoms with van der Waals surface area (Å²) in [6, 6.07) is -0.914. The molecule has 4 aliphatic rings. The number of aliphatic hydroxyl groups excluding tert-OH is 3. The predicted octanol–water partition coefficient (Wildman–Crippen LogP) is 5.03. The van der Waals surface area contributed by atoms with Crippen LogP contribution in [0.25, 0.3) is 0 Å². The van der Waals surface area contributed by atoms with Gasteiger partial charge >= 0.3 is 5.97 Å². The van der Waals surface area contributed by atoms with Crippen molar-refractivity contribution in [1.82, 2.24) is 4.90 Å². The molecule has 12 heteroatoms. The first-order valence-electron chi connectivity index (χ1n) is 20.9. The van der Waals surface area contributed by atoms with Crippen molar-refractivity contribution in [3.8, 4) is 0 Å². The Hall–Kier alpha value is -2.19. The van der Waals surface area contributed by atoms with Gasteiger partial charge in [-0.2, -0.15) is 0 Å². The molecule has 3 heterocycles. The minimum absolute atomic E-state index is 0.0807. The average molecular weight is 778 g/mol. The second-order valence-electron chi connectivity index (χ2n) is 17.4. The number of ether oxygens (including phenoxy) is 4. The Morgan fingerprint density at radius 2 is 1.64 bits per heavy atom. The third-order valence-corrected chi connectivity index (χ3v) is 12.8. The number of fused-ring (bicyclic) bond motifs is 3. The molecule has 2 bridgehead atoms. The zero-order valence-corrected chi connectivity index (χ0v) is 34.7. The highest BCUT2D eigenvalue weighted by molar-refractivity contribution is 5.85. The van der Waals surface area contributed by atoms with E-state index in [4.69, 9.17) is 18.9 Å². The molecule has 1 aliphatic carbocycles. The number of rotatable bonds is 6. The molecule has 0 aromatic heterocycles. The molecule has 0 aromatic rings. The van der Waals surface area contributed by atoms with E-state index in [0.717, 1.165) is 12.0 Å². The number of cyclic esters (lactones) is 1. The Morgan fingerprint density at radius 3 is 2.29 bits per heavy atom. The van der Waals surface area contributed by atoms with Crippen LogP contribution in [0.4, 0.5) is 0 Å². The van der Waals surface area contributed by atoms with Crippen molar-refractivity contribution >= 4 is 17.7 Å². The van der Waals surface area contributed by atoms with Gasteiger partial charge in [0.25, 0.3) is 0 Å². The molecule has 4 N–H and O–H groups in total. The number of aliphatic hydroxyl groups is 4. The standard InChI is InChI=1S/C43H71NO11/c1-9-12-31-18-25(2)17-26(3)19-37(52-7)41-38(53-8)21-28(5)43(51,55-41)24-39(49)44-16-11-10-13-32(44)42(50)54-40(29(6)34(46)23-35(31)47)27(4)20-30-14-15-33(45)36(48)22-30/h18,20,26,28-34,36-38,40-41,45-46,48,51H,9-17,19,21-24H2,1-8H3/b25-18+,27-20+/t26-,28+,29+,30-,31+,32?,33?,34-,36+,37-,38-,40+,41+,43-/m0/s1. The number of hydrogen-bond acceptors (Lipinski definition) is 11. The maximum Gasteiger partial charge on any atom is 0.329 e. The van der Waals surface area contributed by atoms with Crippen molar-refractivity contribution in [2.45, 2.75) is 180 Å². The minimum Gasteiger partial charge on any atom is -0.456 e. The molecular formula is C43H71NO11. The van der Waals surface area contributed by atoms with E-state index in [1.54, 1.807) is 21.1 Å². The number of amides is 1. The lowest BCUT2D eigenvalue weighted by Gasteiger charge is -2.48. The van der Waals surface area contributed by atoms with Crippen LogP contribution < -0.4 is 0 Å². The molecule has 12 nitrogen and oxygen atoms in total. The van der Waals surface area contributed by atoms with Crippen LogP contribution in [-0.2, 0) is 33.3 Å². The van der Waals surface area contributed by atoms with Crippen LogP contribution in [0.1, 0.15) is 125 Å². The summed E-state index contributed by atoms with van der Waals surface area (Å²) in [5.41, 5.74) is 1.72. The molecule has 3 fully saturated rings. The largest absolute Gasteiger partial charge is 0.456 e. The third-order valence-electron chi connectivity index (χ3n) is 12.8. The summed E-state index contributed by atoms with van der Waals surface area (Å²) in [4.78, 5) is 43.8. The zero-order chi connectivity index (χ0) is 40.6. The highest BCUT2D eigenvalue weighted by atomic mass is 16.7. The summed E-state index contributed by atoms with van der Waals surface area (Å²) in [6.07, 6.45) is 4.63. The van der Waals surface area contributed by atoms with Crippen molar-refractivity contribution in [2.75, 3.05) is 20.8 Å². The number of Topliss-reactive ketones (excluding diaryl/α,β-unsaturated/α-hetero) is 1. The Morgan fingerprint density at radius 1 is 0.945 bits per heavy atom. The lowest BCUT2D eigenvalue weighted by Crippen LogP contribution is -2.59. The van der Waals surface area contributed by atoms with Gasteiger partial charge in [-0.1, -0.05) is 51.8 Å². The number of carbonyl (C=O) groups excluding carboxylic acids is 3. The quantitative estimate of drug-likeness (QED) is 0.211. The van der Waals surface area contributed by atoms with E-state index in [2.05, 4.69) is 6.92 Å². The van der Waals surface area contributed by atoms with Crippen molar-refractivity contribution in [1.29, 1.82) is 0 Å². The van der Waals surface area contributed by atoms with Crippen LogP contribution in [0, 0.1) is 29.6 Å². The molecule has 0 radical (unpaired) electrons. The van der Waals surface area contributed by atoms with Gasteiger partial charge in [-0.05, 0) is 95.5 Å². The Bertz CT molecular complexity index is 1350. The number of esters is 1. The number of methoxy groups -OCH3 is 2. The van der Waals surface area contributed by atoms with Gasteiger partial charge in [-0.25, -0.2) is 4.79 Å². The van der Waals surface area contributed by atoms with E-state index in [9.17, 15) is 34.8 Å². The van der Waals surface area contributed by atoms with E-state index in [0.29, 0.717) is 76.3 Å². The highest BCUT2D eigenvalue weighted by Gasteiger charge is 2.51. The van der Waals surface area contributed by atoms with Crippen molar-refractivity contribution < 1.29 is 53.8 Å². The molecular weight excluding hydrogens is 706 g/mol. The first-order valence-corrected chi connectivity index (χ1v) is 20.9. The Kier molecular flexibility index (Phi) is 16.9. The van der Waals surface area contributed by atoms with E-state index < -0.39 is 78.1 Å². The number of allylic oxidation sites excluding steroid dienone is 3. The smallest absolute Gasteiger partial charge is 0.329 e. The van der Waals surface area contributed by atoms with E-state index in [-0.39, 0.29) is 36.6 Å². The summed E-state index contributed by atoms with van der Waals surface area (Å²) < 4.78 is 24.6. The second kappa shape index (κ2) is 20.5. The molecule has 2 unspecified atom stereocenters. The fourth-order valence-electron chi connectivity index (χ4n) is 9.45. The summed E-state index contributed by atoms with van der Waals surface area (Å²) in [6.45, 7) is 11.9. The van der Waals surface area contributed by atoms with Crippen LogP contribution in [0.2, 0.25) is 0 Å². The van der Waals surface area contributed by atoms with Crippen LogP contribution in [0.3, 0.4) is 0 Å². The van der Waals surface area contributed by atoms with Gasteiger partial charge in [0.2, 0.25) is 5.91 Å². The summed E-state index contributed by atoms with van der Waals surface area (Å²) in [5, 5.41) is 44.3. The average Bonchev–Trinajstić information content (AvgIpc) is 3.14. The van der Waals surface area contributed by atoms with Crippen molar-refractivity contribution in [2.24, 2.45) is 29.6 Å². The maximum absolute atomic E-state index is 14.3. The van der Waals surface area contributed by atoms with Crippen molar-refractivity contribution in [3.05, 3.63) is 23.3 Å². The van der Waals surface area contributed by atoms with Gasteiger partial charge in [0.15, 0.2) is 5.79 Å². The van der Waals surface area contributed by atoms with Gasteiger partial charge in [0.1, 0.15) is 24.0 Å². The van der Waals surface area contributed by atoms with Gasteiger partial charge in [0, 0.05) is 44.9 Å². The molecule has 1 amide bonds. The minimum atomic E-state index is -1.83. The van der Waals surface area contributed by atoms with E-state index in [1.165, 1.54) is 4.90 Å². The lowest BCUT2D eigenvalue weighted by atomic mass is 9.81. The molecule has 314 valence electrons. The summed E-state index contributed by atoms with van der Waals surface area (Å²) in [7, 11) is 3.22. The first-order chi connectivity index (χ1) is 26.0. The predicted molar refractivity (Wildman–Crippen MR) is 208 cm³/mol. The van der Waals surface area contributed by atoms with Crippen LogP contribution in [0.15, 0.2) is 23.3 Å². The van der Waals surface area contributed by atoms with Gasteiger partial charge in [0.05, 0.1) is 36.9 Å². The summed E-state index contributed by atoms with van der Waals surface area (Å²) in [5.74, 6) is -4.43. The molecule has 0 spiro atoms. The third kappa shape index (κ3) is 11.7. The number of piperidine rings is 1. The second-order valence-corrected chi connectivity index (χ2v) is 17.4. The molecule has 0 aromatic carbocycles. The molecule has 3 aliphatic heterocycles. The molecule has 1 saturated carbocycles. The number of nitrogens with zero attached hydrogens (tertiary/aromatic N) is 1. The highest BCUT2D eigenvalue weighted by Crippen LogP contribution is 2.40. The van der Waals surface area contributed by atoms with Crippen LogP contribution in [-0.4, -0.2) is 118 Å². The lowest BCUT2D eigenvalue weighted by molar-refractivity contribution is -0.321. The van der Waals surface area contributed by atoms with Gasteiger partial charge in [-0.3, -0.25) is 9.59 Å². The fraction of sp³-hybridized carbons (Fsp3) is 0.837. The topological polar surface area (TPSA) is 172 Å². The monoisotopic (exact) mass is 778 g/mol.